The molecule has 8 nitrogen and oxygen atoms in total. The van der Waals surface area contributed by atoms with Crippen LogP contribution < -0.4 is 22.9 Å². The van der Waals surface area contributed by atoms with Gasteiger partial charge in [-0.3, -0.25) is 5.21 Å². The molecule has 0 aromatic heterocycles. The van der Waals surface area contributed by atoms with Crippen LogP contribution in [0.15, 0.2) is 10.1 Å². The maximum Gasteiger partial charge on any atom is 0.243 e. The summed E-state index contributed by atoms with van der Waals surface area (Å²) in [6, 6.07) is 0. The molecule has 8 heteroatoms. The molecule has 0 unspecified atom stereocenters. The van der Waals surface area contributed by atoms with Crippen LogP contribution in [0, 0.1) is 0 Å². The van der Waals surface area contributed by atoms with Crippen molar-refractivity contribution in [3.63, 3.8) is 0 Å². The van der Waals surface area contributed by atoms with Crippen LogP contribution in [0.3, 0.4) is 0 Å². The van der Waals surface area contributed by atoms with Crippen LogP contribution in [0.4, 0.5) is 0 Å². The van der Waals surface area contributed by atoms with Crippen LogP contribution in [0.1, 0.15) is 0 Å². The van der Waals surface area contributed by atoms with Gasteiger partial charge in [0.15, 0.2) is 5.96 Å². The molecule has 0 aliphatic carbocycles. The Morgan fingerprint density at radius 3 is 2.33 bits per heavy atom. The van der Waals surface area contributed by atoms with Crippen LogP contribution in [-0.2, 0) is 0 Å². The van der Waals surface area contributed by atoms with Gasteiger partial charge in [-0.05, 0) is 0 Å². The quantitative estimate of drug-likeness (QED) is 0.177. The maximum absolute atomic E-state index is 8.87. The highest BCUT2D eigenvalue weighted by molar-refractivity contribution is 5.92. The number of hydrogen-bond acceptors (Lipinski definition) is 4. The highest BCUT2D eigenvalue weighted by atomic mass is 16.5. The van der Waals surface area contributed by atoms with Gasteiger partial charge in [-0.25, -0.2) is 0 Å². The second-order valence-electron chi connectivity index (χ2n) is 1.88. The van der Waals surface area contributed by atoms with E-state index in [4.69, 9.17) is 28.1 Å². The fourth-order valence-electron chi connectivity index (χ4n) is 0.438. The number of nitrogens with zero attached hydrogens (tertiary/aromatic N) is 3. The third-order valence-corrected chi connectivity index (χ3v) is 0.791. The van der Waals surface area contributed by atoms with Crippen LogP contribution in [0.5, 0.6) is 0 Å². The summed E-state index contributed by atoms with van der Waals surface area (Å²) in [4.78, 5) is 3.36. The van der Waals surface area contributed by atoms with Gasteiger partial charge in [0.2, 0.25) is 5.96 Å². The minimum absolute atomic E-state index is 0.153. The Morgan fingerprint density at radius 2 is 1.92 bits per heavy atom. The number of aliphatic imine (C=N–C) groups is 1. The number of hydrogen-bond donors (Lipinski definition) is 5. The Balaban J connectivity index is 4.06. The van der Waals surface area contributed by atoms with Gasteiger partial charge in [-0.2, -0.15) is 10.2 Å². The molecule has 0 saturated carbocycles. The minimum Gasteiger partial charge on any atom is -0.370 e. The summed E-state index contributed by atoms with van der Waals surface area (Å²) in [6.45, 7) is 0.399. The van der Waals surface area contributed by atoms with E-state index < -0.39 is 0 Å². The fourth-order valence-corrected chi connectivity index (χ4v) is 0.438. The van der Waals surface area contributed by atoms with E-state index in [1.165, 1.54) is 0 Å². The third kappa shape index (κ3) is 5.26. The number of nitrogens with two attached hydrogens (primary N) is 4. The number of guanidine groups is 2. The molecule has 0 heterocycles. The lowest BCUT2D eigenvalue weighted by atomic mass is 10.7. The van der Waals surface area contributed by atoms with Gasteiger partial charge in [0.25, 0.3) is 0 Å². The summed E-state index contributed by atoms with van der Waals surface area (Å²) in [7, 11) is 0. The lowest BCUT2D eigenvalue weighted by Crippen LogP contribution is -2.29. The Labute approximate surface area is 69.5 Å². The van der Waals surface area contributed by atoms with Crippen molar-refractivity contribution in [3.05, 3.63) is 0 Å². The highest BCUT2D eigenvalue weighted by Crippen LogP contribution is 1.81. The molecular formula is C4H13N7O. The summed E-state index contributed by atoms with van der Waals surface area (Å²) in [5, 5.41) is 12.8. The van der Waals surface area contributed by atoms with E-state index in [1.54, 1.807) is 0 Å². The molecule has 0 atom stereocenters. The zero-order chi connectivity index (χ0) is 9.56. The van der Waals surface area contributed by atoms with Gasteiger partial charge in [0, 0.05) is 6.54 Å². The molecule has 0 bridgehead atoms. The van der Waals surface area contributed by atoms with Crippen LogP contribution in [-0.4, -0.2) is 35.4 Å². The van der Waals surface area contributed by atoms with Gasteiger partial charge in [0.1, 0.15) is 0 Å². The largest absolute Gasteiger partial charge is 0.370 e. The summed E-state index contributed by atoms with van der Waals surface area (Å²) < 4.78 is 0. The predicted molar refractivity (Wildman–Crippen MR) is 45.0 cm³/mol. The molecule has 0 radical (unpaired) electrons. The Hall–Kier alpha value is -1.54. The minimum atomic E-state index is -0.231. The molecule has 0 aliphatic heterocycles. The van der Waals surface area contributed by atoms with E-state index in [1.807, 2.05) is 0 Å². The Morgan fingerprint density at radius 1 is 1.33 bits per heavy atom. The summed E-state index contributed by atoms with van der Waals surface area (Å²) in [5.74, 6) is -0.455. The molecule has 0 aromatic rings. The summed E-state index contributed by atoms with van der Waals surface area (Å²) in [6.07, 6.45) is 0. The van der Waals surface area contributed by atoms with E-state index in [0.717, 1.165) is 0 Å². The van der Waals surface area contributed by atoms with Crippen molar-refractivity contribution in [2.75, 3.05) is 13.1 Å². The first-order valence-electron chi connectivity index (χ1n) is 3.16. The first kappa shape index (κ1) is 10.5. The van der Waals surface area contributed by atoms with Crippen molar-refractivity contribution in [2.45, 2.75) is 0 Å². The average Bonchev–Trinajstić information content (AvgIpc) is 1.84. The van der Waals surface area contributed by atoms with Crippen molar-refractivity contribution < 1.29 is 5.21 Å². The Bertz CT molecular complexity index is 184. The van der Waals surface area contributed by atoms with E-state index in [-0.39, 0.29) is 25.0 Å². The smallest absolute Gasteiger partial charge is 0.243 e. The fraction of sp³-hybridized carbons (Fsp3) is 0.500. The van der Waals surface area contributed by atoms with Gasteiger partial charge in [0.05, 0.1) is 6.54 Å². The lowest BCUT2D eigenvalue weighted by Gasteiger charge is -2.07. The van der Waals surface area contributed by atoms with E-state index in [2.05, 4.69) is 10.1 Å². The second-order valence-corrected chi connectivity index (χ2v) is 1.88. The SMILES string of the molecule is NCCN(O)N=C(N)N=C(N)N. The molecular weight excluding hydrogens is 162 g/mol. The van der Waals surface area contributed by atoms with Crippen molar-refractivity contribution in [2.24, 2.45) is 33.0 Å². The van der Waals surface area contributed by atoms with Crippen LogP contribution >= 0.6 is 0 Å². The van der Waals surface area contributed by atoms with Gasteiger partial charge in [-0.1, -0.05) is 0 Å². The molecule has 70 valence electrons. The molecule has 9 N–H and O–H groups in total. The summed E-state index contributed by atoms with van der Waals surface area (Å²) >= 11 is 0. The first-order valence-corrected chi connectivity index (χ1v) is 3.16. The zero-order valence-electron chi connectivity index (χ0n) is 6.51. The van der Waals surface area contributed by atoms with Gasteiger partial charge >= 0.3 is 0 Å². The normalized spacial score (nSPS) is 11.0. The zero-order valence-corrected chi connectivity index (χ0v) is 6.51. The maximum atomic E-state index is 8.87. The number of rotatable bonds is 3. The standard InChI is InChI=1S/C4H13N7O/c5-1-2-11(12)10-4(8)9-3(6)7/h12H,1-2,5H2,(H6,6,7,8,9,10). The molecule has 0 fully saturated rings. The number of hydroxylamine groups is 1. The molecule has 0 aromatic carbocycles. The molecule has 12 heavy (non-hydrogen) atoms. The topological polar surface area (TPSA) is 152 Å². The van der Waals surface area contributed by atoms with E-state index in [0.29, 0.717) is 5.17 Å². The van der Waals surface area contributed by atoms with E-state index in [9.17, 15) is 0 Å². The van der Waals surface area contributed by atoms with Crippen molar-refractivity contribution >= 4 is 11.9 Å². The van der Waals surface area contributed by atoms with Crippen LogP contribution in [0.25, 0.3) is 0 Å². The Kier molecular flexibility index (Phi) is 4.49. The van der Waals surface area contributed by atoms with Crippen LogP contribution in [0.2, 0.25) is 0 Å². The van der Waals surface area contributed by atoms with Crippen molar-refractivity contribution in [3.8, 4) is 0 Å². The number of hydrazone groups is 1. The first-order chi connectivity index (χ1) is 5.56. The highest BCUT2D eigenvalue weighted by Gasteiger charge is 1.94. The summed E-state index contributed by atoms with van der Waals surface area (Å²) in [5.41, 5.74) is 20.2. The van der Waals surface area contributed by atoms with E-state index >= 15 is 0 Å². The second kappa shape index (κ2) is 5.16. The molecule has 0 amide bonds. The molecule has 0 aliphatic rings. The molecule has 0 rings (SSSR count). The third-order valence-electron chi connectivity index (χ3n) is 0.791. The van der Waals surface area contributed by atoms with Crippen molar-refractivity contribution in [1.29, 1.82) is 0 Å². The molecule has 0 saturated heterocycles. The monoisotopic (exact) mass is 175 g/mol. The predicted octanol–water partition coefficient (Wildman–Crippen LogP) is -2.86. The lowest BCUT2D eigenvalue weighted by molar-refractivity contribution is -0.0867. The molecule has 0 spiro atoms. The average molecular weight is 175 g/mol. The van der Waals surface area contributed by atoms with Gasteiger partial charge in [-0.15, -0.1) is 5.10 Å². The van der Waals surface area contributed by atoms with Gasteiger partial charge < -0.3 is 22.9 Å². The van der Waals surface area contributed by atoms with Crippen molar-refractivity contribution in [1.82, 2.24) is 5.17 Å².